The van der Waals surface area contributed by atoms with Gasteiger partial charge in [0.2, 0.25) is 0 Å². The minimum Gasteiger partial charge on any atom is -0.395 e. The smallest absolute Gasteiger partial charge is 0.395 e. The Bertz CT molecular complexity index is 857. The van der Waals surface area contributed by atoms with Gasteiger partial charge in [0.1, 0.15) is 4.92 Å². The molecule has 3 rings (SSSR count). The molecule has 2 aromatic heterocycles. The third-order valence-corrected chi connectivity index (χ3v) is 3.75. The summed E-state index contributed by atoms with van der Waals surface area (Å²) in [5.41, 5.74) is 0.660. The van der Waals surface area contributed by atoms with Crippen LogP contribution in [-0.2, 0) is 0 Å². The van der Waals surface area contributed by atoms with Crippen LogP contribution in [0.2, 0.25) is 5.02 Å². The second-order valence-corrected chi connectivity index (χ2v) is 5.45. The van der Waals surface area contributed by atoms with E-state index in [0.29, 0.717) is 15.7 Å². The standard InChI is InChI=1S/C12H6ClN3O4S/c13-6-1-3-9-7(5-6)14-12(21-9)15-11(17)8-2-4-10(20-8)16(18)19/h1-5H,(H,14,15,17). The number of nitrogens with zero attached hydrogens (tertiary/aromatic N) is 2. The van der Waals surface area contributed by atoms with Crippen LogP contribution in [0.3, 0.4) is 0 Å². The zero-order valence-electron chi connectivity index (χ0n) is 10.2. The van der Waals surface area contributed by atoms with Gasteiger partial charge in [0.25, 0.3) is 5.91 Å². The van der Waals surface area contributed by atoms with Crippen LogP contribution < -0.4 is 5.32 Å². The molecule has 0 saturated carbocycles. The van der Waals surface area contributed by atoms with E-state index < -0.39 is 16.7 Å². The monoisotopic (exact) mass is 323 g/mol. The predicted molar refractivity (Wildman–Crippen MR) is 77.9 cm³/mol. The molecule has 21 heavy (non-hydrogen) atoms. The van der Waals surface area contributed by atoms with Gasteiger partial charge >= 0.3 is 5.88 Å². The van der Waals surface area contributed by atoms with Crippen LogP contribution >= 0.6 is 22.9 Å². The van der Waals surface area contributed by atoms with Crippen molar-refractivity contribution in [1.82, 2.24) is 4.98 Å². The first-order valence-electron chi connectivity index (χ1n) is 5.64. The van der Waals surface area contributed by atoms with E-state index in [9.17, 15) is 14.9 Å². The van der Waals surface area contributed by atoms with E-state index in [1.807, 2.05) is 0 Å². The number of nitro groups is 1. The number of aromatic nitrogens is 1. The Labute approximate surface area is 126 Å². The first-order chi connectivity index (χ1) is 10.0. The molecule has 0 radical (unpaired) electrons. The molecule has 0 unspecified atom stereocenters. The highest BCUT2D eigenvalue weighted by atomic mass is 35.5. The molecule has 7 nitrogen and oxygen atoms in total. The third kappa shape index (κ3) is 2.71. The fraction of sp³-hybridized carbons (Fsp3) is 0. The molecule has 2 heterocycles. The van der Waals surface area contributed by atoms with Crippen LogP contribution in [0.25, 0.3) is 10.2 Å². The molecule has 3 aromatic rings. The summed E-state index contributed by atoms with van der Waals surface area (Å²) >= 11 is 7.13. The van der Waals surface area contributed by atoms with E-state index in [0.717, 1.165) is 10.8 Å². The molecule has 1 N–H and O–H groups in total. The Morgan fingerprint density at radius 2 is 2.19 bits per heavy atom. The van der Waals surface area contributed by atoms with Crippen molar-refractivity contribution in [3.63, 3.8) is 0 Å². The number of amides is 1. The highest BCUT2D eigenvalue weighted by molar-refractivity contribution is 7.22. The average Bonchev–Trinajstić information content (AvgIpc) is 3.03. The molecular formula is C12H6ClN3O4S. The number of furan rings is 1. The van der Waals surface area contributed by atoms with Gasteiger partial charge in [-0.1, -0.05) is 22.9 Å². The second-order valence-electron chi connectivity index (χ2n) is 3.98. The van der Waals surface area contributed by atoms with Crippen molar-refractivity contribution in [2.75, 3.05) is 5.32 Å². The highest BCUT2D eigenvalue weighted by Crippen LogP contribution is 2.28. The van der Waals surface area contributed by atoms with Crippen molar-refractivity contribution in [2.45, 2.75) is 0 Å². The largest absolute Gasteiger partial charge is 0.433 e. The minimum absolute atomic E-state index is 0.154. The molecule has 0 atom stereocenters. The lowest BCUT2D eigenvalue weighted by Gasteiger charge is -1.96. The van der Waals surface area contributed by atoms with E-state index in [4.69, 9.17) is 16.0 Å². The fourth-order valence-electron chi connectivity index (χ4n) is 1.66. The number of hydrogen-bond donors (Lipinski definition) is 1. The van der Waals surface area contributed by atoms with Gasteiger partial charge in [0.15, 0.2) is 10.9 Å². The number of thiazole rings is 1. The normalized spacial score (nSPS) is 10.7. The Balaban J connectivity index is 1.83. The van der Waals surface area contributed by atoms with Crippen molar-refractivity contribution in [3.8, 4) is 0 Å². The van der Waals surface area contributed by atoms with E-state index in [2.05, 4.69) is 10.3 Å². The summed E-state index contributed by atoms with van der Waals surface area (Å²) < 4.78 is 5.68. The molecule has 0 aliphatic carbocycles. The third-order valence-electron chi connectivity index (χ3n) is 2.57. The van der Waals surface area contributed by atoms with Crippen molar-refractivity contribution < 1.29 is 14.1 Å². The Kier molecular flexibility index (Phi) is 3.32. The van der Waals surface area contributed by atoms with Gasteiger partial charge in [-0.05, 0) is 24.3 Å². The van der Waals surface area contributed by atoms with Crippen LogP contribution in [0.15, 0.2) is 34.7 Å². The van der Waals surface area contributed by atoms with Crippen LogP contribution in [0.5, 0.6) is 0 Å². The van der Waals surface area contributed by atoms with Gasteiger partial charge < -0.3 is 4.42 Å². The Hall–Kier alpha value is -2.45. The maximum absolute atomic E-state index is 11.9. The summed E-state index contributed by atoms with van der Waals surface area (Å²) in [6.07, 6.45) is 0. The summed E-state index contributed by atoms with van der Waals surface area (Å²) in [5, 5.41) is 13.9. The molecule has 0 aliphatic heterocycles. The van der Waals surface area contributed by atoms with E-state index in [1.54, 1.807) is 18.2 Å². The van der Waals surface area contributed by atoms with Crippen molar-refractivity contribution in [1.29, 1.82) is 0 Å². The molecule has 1 amide bonds. The SMILES string of the molecule is O=C(Nc1nc2cc(Cl)ccc2s1)c1ccc([N+](=O)[O-])o1. The number of rotatable bonds is 3. The zero-order chi connectivity index (χ0) is 15.0. The zero-order valence-corrected chi connectivity index (χ0v) is 11.8. The maximum atomic E-state index is 11.9. The number of carbonyl (C=O) groups excluding carboxylic acids is 1. The summed E-state index contributed by atoms with van der Waals surface area (Å²) in [6, 6.07) is 7.55. The van der Waals surface area contributed by atoms with E-state index >= 15 is 0 Å². The number of fused-ring (bicyclic) bond motifs is 1. The maximum Gasteiger partial charge on any atom is 0.433 e. The van der Waals surface area contributed by atoms with E-state index in [-0.39, 0.29) is 5.76 Å². The van der Waals surface area contributed by atoms with Gasteiger partial charge in [-0.15, -0.1) is 0 Å². The summed E-state index contributed by atoms with van der Waals surface area (Å²) in [6.45, 7) is 0. The predicted octanol–water partition coefficient (Wildman–Crippen LogP) is 3.70. The summed E-state index contributed by atoms with van der Waals surface area (Å²) in [4.78, 5) is 25.9. The molecule has 0 bridgehead atoms. The lowest BCUT2D eigenvalue weighted by Crippen LogP contribution is -2.10. The van der Waals surface area contributed by atoms with Crippen LogP contribution in [0.4, 0.5) is 11.0 Å². The number of benzene rings is 1. The topological polar surface area (TPSA) is 98.3 Å². The molecule has 1 aromatic carbocycles. The van der Waals surface area contributed by atoms with Crippen molar-refractivity contribution in [2.24, 2.45) is 0 Å². The molecule has 0 spiro atoms. The summed E-state index contributed by atoms with van der Waals surface area (Å²) in [5.74, 6) is -1.25. The van der Waals surface area contributed by atoms with Gasteiger partial charge in [0, 0.05) is 5.02 Å². The Morgan fingerprint density at radius 1 is 1.38 bits per heavy atom. The minimum atomic E-state index is -0.712. The number of anilines is 1. The fourth-order valence-corrected chi connectivity index (χ4v) is 2.67. The average molecular weight is 324 g/mol. The Morgan fingerprint density at radius 3 is 2.90 bits per heavy atom. The molecule has 106 valence electrons. The first kappa shape index (κ1) is 13.5. The van der Waals surface area contributed by atoms with Gasteiger partial charge in [0.05, 0.1) is 16.3 Å². The number of carbonyl (C=O) groups is 1. The number of hydrogen-bond acceptors (Lipinski definition) is 6. The van der Waals surface area contributed by atoms with Crippen molar-refractivity contribution in [3.05, 3.63) is 51.2 Å². The number of halogens is 1. The molecule has 0 fully saturated rings. The summed E-state index contributed by atoms with van der Waals surface area (Å²) in [7, 11) is 0. The lowest BCUT2D eigenvalue weighted by atomic mass is 10.3. The number of nitrogens with one attached hydrogen (secondary N) is 1. The lowest BCUT2D eigenvalue weighted by molar-refractivity contribution is -0.402. The van der Waals surface area contributed by atoms with Gasteiger partial charge in [-0.2, -0.15) is 0 Å². The molecule has 9 heteroatoms. The quantitative estimate of drug-likeness (QED) is 0.585. The first-order valence-corrected chi connectivity index (χ1v) is 6.84. The highest BCUT2D eigenvalue weighted by Gasteiger charge is 2.18. The van der Waals surface area contributed by atoms with Crippen molar-refractivity contribution >= 4 is 50.1 Å². The van der Waals surface area contributed by atoms with Crippen LogP contribution in [0, 0.1) is 10.1 Å². The van der Waals surface area contributed by atoms with E-state index in [1.165, 1.54) is 17.4 Å². The van der Waals surface area contributed by atoms with Gasteiger partial charge in [-0.3, -0.25) is 20.2 Å². The molecule has 0 aliphatic rings. The van der Waals surface area contributed by atoms with Crippen LogP contribution in [-0.4, -0.2) is 15.8 Å². The molecule has 0 saturated heterocycles. The van der Waals surface area contributed by atoms with Gasteiger partial charge in [-0.25, -0.2) is 4.98 Å². The second kappa shape index (κ2) is 5.15. The van der Waals surface area contributed by atoms with Crippen LogP contribution in [0.1, 0.15) is 10.6 Å². The molecular weight excluding hydrogens is 318 g/mol.